The average Bonchev–Trinajstić information content (AvgIpc) is 2.91. The van der Waals surface area contributed by atoms with Crippen LogP contribution in [0, 0.1) is 0 Å². The summed E-state index contributed by atoms with van der Waals surface area (Å²) in [7, 11) is 1.57. The molecule has 1 aliphatic rings. The molecule has 4 rings (SSSR count). The third-order valence-corrected chi connectivity index (χ3v) is 5.86. The Morgan fingerprint density at radius 3 is 1.44 bits per heavy atom. The largest absolute Gasteiger partial charge is 0.394 e. The van der Waals surface area contributed by atoms with Crippen molar-refractivity contribution in [2.45, 2.75) is 50.5 Å². The fourth-order valence-corrected chi connectivity index (χ4v) is 4.08. The lowest BCUT2D eigenvalue weighted by Crippen LogP contribution is -2.61. The fraction of sp³-hybridized carbons (Fsp3) is 0.357. The van der Waals surface area contributed by atoms with Crippen LogP contribution in [0.3, 0.4) is 0 Å². The van der Waals surface area contributed by atoms with Crippen LogP contribution in [0.5, 0.6) is 0 Å². The molecule has 180 valence electrons. The Morgan fingerprint density at radius 1 is 0.618 bits per heavy atom. The van der Waals surface area contributed by atoms with Crippen molar-refractivity contribution in [3.63, 3.8) is 0 Å². The molecule has 0 amide bonds. The lowest BCUT2D eigenvalue weighted by molar-refractivity contribution is -0.321. The van der Waals surface area contributed by atoms with E-state index in [1.54, 1.807) is 7.11 Å². The molecule has 5 atom stereocenters. The lowest BCUT2D eigenvalue weighted by Gasteiger charge is -2.45. The number of benzene rings is 3. The van der Waals surface area contributed by atoms with Crippen LogP contribution in [0.1, 0.15) is 16.7 Å². The van der Waals surface area contributed by atoms with Gasteiger partial charge < -0.3 is 28.8 Å². The first-order valence-electron chi connectivity index (χ1n) is 11.5. The van der Waals surface area contributed by atoms with Gasteiger partial charge in [0.25, 0.3) is 0 Å². The predicted octanol–water partition coefficient (Wildman–Crippen LogP) is 4.11. The van der Waals surface area contributed by atoms with E-state index in [9.17, 15) is 5.11 Å². The van der Waals surface area contributed by atoms with Gasteiger partial charge >= 0.3 is 0 Å². The van der Waals surface area contributed by atoms with Gasteiger partial charge in [0.15, 0.2) is 6.29 Å². The van der Waals surface area contributed by atoms with Gasteiger partial charge in [-0.2, -0.15) is 0 Å². The zero-order valence-corrected chi connectivity index (χ0v) is 19.4. The number of rotatable bonds is 11. The van der Waals surface area contributed by atoms with E-state index < -0.39 is 30.7 Å². The van der Waals surface area contributed by atoms with Crippen LogP contribution in [0.25, 0.3) is 0 Å². The first-order chi connectivity index (χ1) is 16.8. The summed E-state index contributed by atoms with van der Waals surface area (Å²) in [6.07, 6.45) is -2.97. The van der Waals surface area contributed by atoms with Crippen molar-refractivity contribution in [3.05, 3.63) is 108 Å². The minimum absolute atomic E-state index is 0.226. The molecule has 0 spiro atoms. The number of ether oxygens (including phenoxy) is 5. The molecule has 1 heterocycles. The number of aliphatic hydroxyl groups excluding tert-OH is 1. The van der Waals surface area contributed by atoms with E-state index in [0.717, 1.165) is 16.7 Å². The first-order valence-corrected chi connectivity index (χ1v) is 11.5. The summed E-state index contributed by atoms with van der Waals surface area (Å²) >= 11 is 0. The molecule has 0 saturated carbocycles. The van der Waals surface area contributed by atoms with E-state index in [0.29, 0.717) is 19.8 Å². The van der Waals surface area contributed by atoms with Gasteiger partial charge in [-0.25, -0.2) is 0 Å². The van der Waals surface area contributed by atoms with Crippen molar-refractivity contribution in [3.8, 4) is 0 Å². The average molecular weight is 465 g/mol. The molecular weight excluding hydrogens is 432 g/mol. The number of aliphatic hydroxyl groups is 1. The summed E-state index contributed by atoms with van der Waals surface area (Å²) in [6, 6.07) is 29.8. The van der Waals surface area contributed by atoms with E-state index >= 15 is 0 Å². The van der Waals surface area contributed by atoms with Crippen LogP contribution < -0.4 is 0 Å². The van der Waals surface area contributed by atoms with Crippen molar-refractivity contribution >= 4 is 0 Å². The molecule has 1 N–H and O–H groups in total. The van der Waals surface area contributed by atoms with Crippen LogP contribution in [-0.4, -0.2) is 49.5 Å². The number of hydrogen-bond acceptors (Lipinski definition) is 6. The van der Waals surface area contributed by atoms with Crippen molar-refractivity contribution in [2.75, 3.05) is 13.7 Å². The second-order valence-electron chi connectivity index (χ2n) is 8.24. The molecule has 6 heteroatoms. The minimum atomic E-state index is -0.710. The van der Waals surface area contributed by atoms with E-state index in [4.69, 9.17) is 23.7 Å². The summed E-state index contributed by atoms with van der Waals surface area (Å²) in [5.74, 6) is 0. The molecule has 0 radical (unpaired) electrons. The van der Waals surface area contributed by atoms with Gasteiger partial charge in [0.1, 0.15) is 24.4 Å². The molecule has 3 aromatic rings. The summed E-state index contributed by atoms with van der Waals surface area (Å²) in [4.78, 5) is 0. The van der Waals surface area contributed by atoms with E-state index in [2.05, 4.69) is 0 Å². The molecule has 34 heavy (non-hydrogen) atoms. The van der Waals surface area contributed by atoms with Crippen molar-refractivity contribution in [1.82, 2.24) is 0 Å². The van der Waals surface area contributed by atoms with Crippen LogP contribution in [0.2, 0.25) is 0 Å². The molecular formula is C28H32O6. The third kappa shape index (κ3) is 6.51. The maximum atomic E-state index is 10.1. The highest BCUT2D eigenvalue weighted by atomic mass is 16.7. The Morgan fingerprint density at radius 2 is 1.03 bits per heavy atom. The van der Waals surface area contributed by atoms with Gasteiger partial charge in [-0.3, -0.25) is 0 Å². The van der Waals surface area contributed by atoms with E-state index in [1.165, 1.54) is 0 Å². The van der Waals surface area contributed by atoms with Gasteiger partial charge in [-0.05, 0) is 16.7 Å². The highest BCUT2D eigenvalue weighted by Crippen LogP contribution is 2.30. The van der Waals surface area contributed by atoms with Crippen LogP contribution in [0.4, 0.5) is 0 Å². The zero-order chi connectivity index (χ0) is 23.6. The zero-order valence-electron chi connectivity index (χ0n) is 19.4. The van der Waals surface area contributed by atoms with Crippen LogP contribution in [0.15, 0.2) is 91.0 Å². The normalized spacial score (nSPS) is 24.7. The second-order valence-corrected chi connectivity index (χ2v) is 8.24. The molecule has 1 saturated heterocycles. The highest BCUT2D eigenvalue weighted by Gasteiger charge is 2.48. The maximum Gasteiger partial charge on any atom is 0.186 e. The molecule has 0 aromatic heterocycles. The van der Waals surface area contributed by atoms with Crippen molar-refractivity contribution in [1.29, 1.82) is 0 Å². The molecule has 6 nitrogen and oxygen atoms in total. The Balaban J connectivity index is 1.56. The van der Waals surface area contributed by atoms with Crippen molar-refractivity contribution < 1.29 is 28.8 Å². The molecule has 3 aromatic carbocycles. The quantitative estimate of drug-likeness (QED) is 0.461. The summed E-state index contributed by atoms with van der Waals surface area (Å²) < 4.78 is 30.7. The summed E-state index contributed by atoms with van der Waals surface area (Å²) in [6.45, 7) is 0.876. The SMILES string of the molecule is CO[C@@H]1OC(CO)[C@H](OCc2ccccc2)C(OCc2ccccc2)[C@H]1OCc1ccccc1. The first kappa shape index (κ1) is 24.5. The van der Waals surface area contributed by atoms with Crippen LogP contribution >= 0.6 is 0 Å². The fourth-order valence-electron chi connectivity index (χ4n) is 4.08. The summed E-state index contributed by atoms with van der Waals surface area (Å²) in [5, 5.41) is 10.1. The van der Waals surface area contributed by atoms with E-state index in [1.807, 2.05) is 91.0 Å². The Kier molecular flexibility index (Phi) is 9.21. The number of hydrogen-bond donors (Lipinski definition) is 1. The predicted molar refractivity (Wildman–Crippen MR) is 128 cm³/mol. The van der Waals surface area contributed by atoms with Crippen LogP contribution in [-0.2, 0) is 43.5 Å². The minimum Gasteiger partial charge on any atom is -0.394 e. The van der Waals surface area contributed by atoms with Gasteiger partial charge in [-0.1, -0.05) is 91.0 Å². The molecule has 0 bridgehead atoms. The number of methoxy groups -OCH3 is 1. The Labute approximate surface area is 201 Å². The third-order valence-electron chi connectivity index (χ3n) is 5.86. The molecule has 0 aliphatic carbocycles. The monoisotopic (exact) mass is 464 g/mol. The standard InChI is InChI=1S/C28H32O6/c1-30-28-27(33-20-23-15-9-4-10-16-23)26(32-19-22-13-7-3-8-14-22)25(24(17-29)34-28)31-18-21-11-5-2-6-12-21/h2-16,24-29H,17-20H2,1H3/t24?,25-,26?,27+,28+/m0/s1. The van der Waals surface area contributed by atoms with E-state index in [-0.39, 0.29) is 6.61 Å². The second kappa shape index (κ2) is 12.8. The smallest absolute Gasteiger partial charge is 0.186 e. The molecule has 1 fully saturated rings. The van der Waals surface area contributed by atoms with Gasteiger partial charge in [-0.15, -0.1) is 0 Å². The Hall–Kier alpha value is -2.58. The lowest BCUT2D eigenvalue weighted by atomic mass is 9.98. The Bertz CT molecular complexity index is 895. The highest BCUT2D eigenvalue weighted by molar-refractivity contribution is 5.15. The topological polar surface area (TPSA) is 66.4 Å². The molecule has 1 aliphatic heterocycles. The molecule has 2 unspecified atom stereocenters. The van der Waals surface area contributed by atoms with Crippen molar-refractivity contribution in [2.24, 2.45) is 0 Å². The van der Waals surface area contributed by atoms with Gasteiger partial charge in [0.05, 0.1) is 26.4 Å². The van der Waals surface area contributed by atoms with Gasteiger partial charge in [0.2, 0.25) is 0 Å². The summed E-state index contributed by atoms with van der Waals surface area (Å²) in [5.41, 5.74) is 3.09. The maximum absolute atomic E-state index is 10.1. The van der Waals surface area contributed by atoms with Gasteiger partial charge in [0, 0.05) is 7.11 Å².